The van der Waals surface area contributed by atoms with E-state index in [4.69, 9.17) is 0 Å². The molecule has 1 aromatic heterocycles. The second kappa shape index (κ2) is 7.30. The van der Waals surface area contributed by atoms with Crippen molar-refractivity contribution in [1.29, 1.82) is 0 Å². The zero-order chi connectivity index (χ0) is 16.8. The molecule has 23 heavy (non-hydrogen) atoms. The molecule has 0 fully saturated rings. The molecule has 1 amide bonds. The summed E-state index contributed by atoms with van der Waals surface area (Å²) in [5.41, 5.74) is 1.12. The molecule has 1 heterocycles. The van der Waals surface area contributed by atoms with Gasteiger partial charge in [-0.3, -0.25) is 14.9 Å². The predicted octanol–water partition coefficient (Wildman–Crippen LogP) is 2.61. The van der Waals surface area contributed by atoms with Crippen molar-refractivity contribution in [3.8, 4) is 0 Å². The number of hydrogen-bond donors (Lipinski definition) is 1. The summed E-state index contributed by atoms with van der Waals surface area (Å²) < 4.78 is 0. The van der Waals surface area contributed by atoms with Crippen LogP contribution in [0.2, 0.25) is 0 Å². The molecular formula is C15H17N5O3. The highest BCUT2D eigenvalue weighted by atomic mass is 16.6. The summed E-state index contributed by atoms with van der Waals surface area (Å²) in [6.07, 6.45) is 2.27. The Hall–Kier alpha value is -3.03. The number of aromatic nitrogens is 2. The molecule has 1 N–H and O–H groups in total. The van der Waals surface area contributed by atoms with Gasteiger partial charge >= 0.3 is 5.69 Å². The molecule has 0 atom stereocenters. The van der Waals surface area contributed by atoms with Crippen LogP contribution < -0.4 is 5.32 Å². The third-order valence-corrected chi connectivity index (χ3v) is 3.29. The second-order valence-corrected chi connectivity index (χ2v) is 4.70. The van der Waals surface area contributed by atoms with Crippen LogP contribution in [0, 0.1) is 10.1 Å². The van der Waals surface area contributed by atoms with Gasteiger partial charge in [-0.05, 0) is 38.1 Å². The number of nitro groups is 1. The number of carbonyl (C=O) groups excluding carboxylic acids is 1. The van der Waals surface area contributed by atoms with Crippen molar-refractivity contribution in [3.63, 3.8) is 0 Å². The minimum atomic E-state index is -0.558. The Kier molecular flexibility index (Phi) is 5.19. The first-order valence-electron chi connectivity index (χ1n) is 7.18. The summed E-state index contributed by atoms with van der Waals surface area (Å²) in [7, 11) is 0. The number of rotatable bonds is 6. The predicted molar refractivity (Wildman–Crippen MR) is 85.7 cm³/mol. The zero-order valence-electron chi connectivity index (χ0n) is 12.9. The molecule has 0 unspecified atom stereocenters. The van der Waals surface area contributed by atoms with Crippen molar-refractivity contribution in [2.45, 2.75) is 13.8 Å². The highest BCUT2D eigenvalue weighted by Gasteiger charge is 2.12. The Morgan fingerprint density at radius 3 is 2.22 bits per heavy atom. The van der Waals surface area contributed by atoms with Crippen LogP contribution in [0.15, 0.2) is 36.7 Å². The number of benzene rings is 1. The van der Waals surface area contributed by atoms with Crippen molar-refractivity contribution >= 4 is 23.2 Å². The van der Waals surface area contributed by atoms with Gasteiger partial charge in [0.2, 0.25) is 5.95 Å². The Morgan fingerprint density at radius 1 is 1.17 bits per heavy atom. The van der Waals surface area contributed by atoms with E-state index in [0.29, 0.717) is 24.3 Å². The highest BCUT2D eigenvalue weighted by Crippen LogP contribution is 2.16. The summed E-state index contributed by atoms with van der Waals surface area (Å²) >= 11 is 0. The topological polar surface area (TPSA) is 101 Å². The summed E-state index contributed by atoms with van der Waals surface area (Å²) in [4.78, 5) is 31.7. The fraction of sp³-hybridized carbons (Fsp3) is 0.267. The minimum Gasteiger partial charge on any atom is -0.339 e. The Bertz CT molecular complexity index is 681. The summed E-state index contributed by atoms with van der Waals surface area (Å²) in [5.74, 6) is 0.228. The van der Waals surface area contributed by atoms with Gasteiger partial charge in [0.1, 0.15) is 12.4 Å². The molecule has 8 heteroatoms. The summed E-state index contributed by atoms with van der Waals surface area (Å²) in [6, 6.07) is 6.91. The average Bonchev–Trinajstić information content (AvgIpc) is 2.57. The van der Waals surface area contributed by atoms with Crippen LogP contribution in [0.4, 0.5) is 17.3 Å². The Balaban J connectivity index is 2.07. The van der Waals surface area contributed by atoms with Crippen LogP contribution in [-0.4, -0.2) is 38.8 Å². The van der Waals surface area contributed by atoms with Crippen LogP contribution >= 0.6 is 0 Å². The van der Waals surface area contributed by atoms with Gasteiger partial charge in [-0.1, -0.05) is 0 Å². The standard InChI is InChI=1S/C15H17N5O3/c1-3-19(4-2)14(21)11-5-7-12(8-6-11)18-15-16-9-13(10-17-15)20(22)23/h5-10H,3-4H2,1-2H3,(H,16,17,18). The molecule has 0 aliphatic heterocycles. The molecular weight excluding hydrogens is 298 g/mol. The lowest BCUT2D eigenvalue weighted by Crippen LogP contribution is -2.30. The molecule has 0 saturated carbocycles. The molecule has 0 saturated heterocycles. The lowest BCUT2D eigenvalue weighted by Gasteiger charge is -2.18. The molecule has 0 aliphatic rings. The maximum Gasteiger partial charge on any atom is 0.305 e. The van der Waals surface area contributed by atoms with Gasteiger partial charge in [0, 0.05) is 24.3 Å². The largest absolute Gasteiger partial charge is 0.339 e. The number of hydrogen-bond acceptors (Lipinski definition) is 6. The number of amides is 1. The summed E-state index contributed by atoms with van der Waals surface area (Å²) in [5, 5.41) is 13.5. The first-order chi connectivity index (χ1) is 11.0. The van der Waals surface area contributed by atoms with E-state index in [2.05, 4.69) is 15.3 Å². The maximum absolute atomic E-state index is 12.2. The molecule has 2 rings (SSSR count). The van der Waals surface area contributed by atoms with Gasteiger partial charge in [0.15, 0.2) is 0 Å². The van der Waals surface area contributed by atoms with Gasteiger partial charge in [0.05, 0.1) is 4.92 Å². The zero-order valence-corrected chi connectivity index (χ0v) is 12.9. The first kappa shape index (κ1) is 16.3. The van der Waals surface area contributed by atoms with Crippen molar-refractivity contribution in [1.82, 2.24) is 14.9 Å². The van der Waals surface area contributed by atoms with Gasteiger partial charge in [-0.2, -0.15) is 0 Å². The lowest BCUT2D eigenvalue weighted by molar-refractivity contribution is -0.385. The van der Waals surface area contributed by atoms with Crippen molar-refractivity contribution in [3.05, 3.63) is 52.3 Å². The van der Waals surface area contributed by atoms with Crippen LogP contribution in [0.5, 0.6) is 0 Å². The normalized spacial score (nSPS) is 10.2. The molecule has 1 aromatic carbocycles. The summed E-state index contributed by atoms with van der Waals surface area (Å²) in [6.45, 7) is 5.18. The fourth-order valence-electron chi connectivity index (χ4n) is 2.00. The van der Waals surface area contributed by atoms with Crippen molar-refractivity contribution in [2.24, 2.45) is 0 Å². The Labute approximate surface area is 133 Å². The molecule has 0 spiro atoms. The number of nitrogens with zero attached hydrogens (tertiary/aromatic N) is 4. The number of carbonyl (C=O) groups is 1. The number of anilines is 2. The molecule has 8 nitrogen and oxygen atoms in total. The van der Waals surface area contributed by atoms with Gasteiger partial charge < -0.3 is 10.2 Å². The van der Waals surface area contributed by atoms with Crippen LogP contribution in [-0.2, 0) is 0 Å². The molecule has 0 radical (unpaired) electrons. The minimum absolute atomic E-state index is 0.0202. The van der Waals surface area contributed by atoms with E-state index in [0.717, 1.165) is 12.4 Å². The van der Waals surface area contributed by atoms with Crippen LogP contribution in [0.3, 0.4) is 0 Å². The fourth-order valence-corrected chi connectivity index (χ4v) is 2.00. The third kappa shape index (κ3) is 4.00. The van der Waals surface area contributed by atoms with Crippen molar-refractivity contribution in [2.75, 3.05) is 18.4 Å². The SMILES string of the molecule is CCN(CC)C(=O)c1ccc(Nc2ncc([N+](=O)[O-])cn2)cc1. The highest BCUT2D eigenvalue weighted by molar-refractivity contribution is 5.94. The Morgan fingerprint density at radius 2 is 1.74 bits per heavy atom. The monoisotopic (exact) mass is 315 g/mol. The third-order valence-electron chi connectivity index (χ3n) is 3.29. The smallest absolute Gasteiger partial charge is 0.305 e. The lowest BCUT2D eigenvalue weighted by atomic mass is 10.2. The molecule has 0 bridgehead atoms. The molecule has 120 valence electrons. The van der Waals surface area contributed by atoms with E-state index in [9.17, 15) is 14.9 Å². The van der Waals surface area contributed by atoms with E-state index in [1.807, 2.05) is 13.8 Å². The quantitative estimate of drug-likeness (QED) is 0.649. The molecule has 2 aromatic rings. The van der Waals surface area contributed by atoms with Crippen molar-refractivity contribution < 1.29 is 9.72 Å². The maximum atomic E-state index is 12.2. The van der Waals surface area contributed by atoms with E-state index in [1.165, 1.54) is 0 Å². The molecule has 0 aliphatic carbocycles. The average molecular weight is 315 g/mol. The second-order valence-electron chi connectivity index (χ2n) is 4.70. The van der Waals surface area contributed by atoms with Gasteiger partial charge in [0.25, 0.3) is 5.91 Å². The number of nitrogens with one attached hydrogen (secondary N) is 1. The van der Waals surface area contributed by atoms with E-state index < -0.39 is 4.92 Å². The van der Waals surface area contributed by atoms with E-state index in [1.54, 1.807) is 29.2 Å². The van der Waals surface area contributed by atoms with Gasteiger partial charge in [-0.15, -0.1) is 0 Å². The van der Waals surface area contributed by atoms with Gasteiger partial charge in [-0.25, -0.2) is 9.97 Å². The first-order valence-corrected chi connectivity index (χ1v) is 7.18. The van der Waals surface area contributed by atoms with E-state index >= 15 is 0 Å². The van der Waals surface area contributed by atoms with Crippen LogP contribution in [0.25, 0.3) is 0 Å². The van der Waals surface area contributed by atoms with E-state index in [-0.39, 0.29) is 17.5 Å². The van der Waals surface area contributed by atoms with Crippen LogP contribution in [0.1, 0.15) is 24.2 Å².